The lowest BCUT2D eigenvalue weighted by Crippen LogP contribution is -2.40. The highest BCUT2D eigenvalue weighted by molar-refractivity contribution is 14.0. The number of guanidine groups is 1. The Balaban J connectivity index is 0.00000729. The van der Waals surface area contributed by atoms with Crippen molar-refractivity contribution in [3.05, 3.63) is 30.1 Å². The molecule has 0 saturated heterocycles. The average molecular weight is 531 g/mol. The smallest absolute Gasteiger partial charge is 0.191 e. The summed E-state index contributed by atoms with van der Waals surface area (Å²) in [5, 5.41) is 6.24. The third kappa shape index (κ3) is 13.1. The number of hydrogen-bond donors (Lipinski definition) is 2. The molecule has 0 aromatic heterocycles. The Morgan fingerprint density at radius 3 is 2.61 bits per heavy atom. The van der Waals surface area contributed by atoms with E-state index in [9.17, 15) is 12.8 Å². The second-order valence-electron chi connectivity index (χ2n) is 5.99. The highest BCUT2D eigenvalue weighted by atomic mass is 127. The Hall–Kier alpha value is -1.14. The maximum Gasteiger partial charge on any atom is 0.191 e. The molecule has 1 aromatic carbocycles. The predicted molar refractivity (Wildman–Crippen MR) is 121 cm³/mol. The van der Waals surface area contributed by atoms with Gasteiger partial charge in [0, 0.05) is 25.4 Å². The van der Waals surface area contributed by atoms with Gasteiger partial charge in [0.1, 0.15) is 27.5 Å². The lowest BCUT2D eigenvalue weighted by Gasteiger charge is -2.17. The summed E-state index contributed by atoms with van der Waals surface area (Å²) in [5.41, 5.74) is 0. The number of rotatable bonds is 12. The Labute approximate surface area is 184 Å². The number of sulfone groups is 1. The van der Waals surface area contributed by atoms with E-state index in [1.807, 2.05) is 13.8 Å². The zero-order chi connectivity index (χ0) is 20.1. The van der Waals surface area contributed by atoms with E-state index in [1.54, 1.807) is 12.1 Å². The molecule has 0 heterocycles. The van der Waals surface area contributed by atoms with Crippen LogP contribution in [0, 0.1) is 5.82 Å². The first-order chi connectivity index (χ1) is 12.8. The van der Waals surface area contributed by atoms with Crippen LogP contribution in [0.4, 0.5) is 4.39 Å². The molecule has 0 radical (unpaired) electrons. The number of nitrogens with zero attached hydrogens (tertiary/aromatic N) is 1. The van der Waals surface area contributed by atoms with Gasteiger partial charge in [-0.1, -0.05) is 13.0 Å². The van der Waals surface area contributed by atoms with Crippen molar-refractivity contribution in [1.29, 1.82) is 0 Å². The molecule has 1 unspecified atom stereocenters. The minimum Gasteiger partial charge on any atom is -0.488 e. The molecule has 0 bridgehead atoms. The molecule has 1 aromatic rings. The number of ether oxygens (including phenoxy) is 2. The van der Waals surface area contributed by atoms with Crippen molar-refractivity contribution in [3.63, 3.8) is 0 Å². The van der Waals surface area contributed by atoms with Crippen molar-refractivity contribution < 1.29 is 22.3 Å². The zero-order valence-electron chi connectivity index (χ0n) is 16.6. The molecule has 0 saturated carbocycles. The maximum absolute atomic E-state index is 13.3. The van der Waals surface area contributed by atoms with Gasteiger partial charge in [-0.05, 0) is 25.5 Å². The number of halogens is 2. The van der Waals surface area contributed by atoms with Crippen LogP contribution in [0.3, 0.4) is 0 Å². The summed E-state index contributed by atoms with van der Waals surface area (Å²) in [5.74, 6) is 0.771. The Kier molecular flexibility index (Phi) is 14.2. The van der Waals surface area contributed by atoms with E-state index < -0.39 is 9.84 Å². The van der Waals surface area contributed by atoms with Crippen molar-refractivity contribution in [1.82, 2.24) is 10.6 Å². The van der Waals surface area contributed by atoms with Gasteiger partial charge in [0.05, 0.1) is 25.5 Å². The lowest BCUT2D eigenvalue weighted by molar-refractivity contribution is 0.154. The van der Waals surface area contributed by atoms with Crippen molar-refractivity contribution in [3.8, 4) is 5.75 Å². The minimum atomic E-state index is -3.00. The van der Waals surface area contributed by atoms with Gasteiger partial charge in [0.2, 0.25) is 0 Å². The average Bonchev–Trinajstić information content (AvgIpc) is 2.60. The third-order valence-corrected chi connectivity index (χ3v) is 4.40. The molecular formula is C18H31FIN3O4S. The van der Waals surface area contributed by atoms with Crippen molar-refractivity contribution in [2.45, 2.75) is 26.4 Å². The third-order valence-electron chi connectivity index (χ3n) is 3.49. The number of benzene rings is 1. The van der Waals surface area contributed by atoms with Crippen LogP contribution in [0.15, 0.2) is 29.3 Å². The Morgan fingerprint density at radius 1 is 1.25 bits per heavy atom. The topological polar surface area (TPSA) is 89.0 Å². The Morgan fingerprint density at radius 2 is 2.00 bits per heavy atom. The van der Waals surface area contributed by atoms with Gasteiger partial charge in [-0.15, -0.1) is 24.0 Å². The standard InChI is InChI=1S/C18H30FN3O4S.HI/c1-4-16(26-17-8-6-7-15(19)13-17)14-22-18(20-5-2)21-9-10-25-11-12-27(3,23)24;/h6-8,13,16H,4-5,9-12,14H2,1-3H3,(H2,20,21,22);1H. The summed E-state index contributed by atoms with van der Waals surface area (Å²) < 4.78 is 46.4. The van der Waals surface area contributed by atoms with Crippen LogP contribution in [-0.4, -0.2) is 65.3 Å². The van der Waals surface area contributed by atoms with Crippen LogP contribution in [0.1, 0.15) is 20.3 Å². The van der Waals surface area contributed by atoms with Gasteiger partial charge in [-0.2, -0.15) is 0 Å². The van der Waals surface area contributed by atoms with Crippen LogP contribution in [-0.2, 0) is 14.6 Å². The summed E-state index contributed by atoms with van der Waals surface area (Å²) in [6, 6.07) is 6.05. The van der Waals surface area contributed by atoms with Gasteiger partial charge in [-0.3, -0.25) is 0 Å². The van der Waals surface area contributed by atoms with Crippen LogP contribution in [0.25, 0.3) is 0 Å². The van der Waals surface area contributed by atoms with Crippen LogP contribution in [0.5, 0.6) is 5.75 Å². The zero-order valence-corrected chi connectivity index (χ0v) is 19.8. The first-order valence-corrected chi connectivity index (χ1v) is 11.1. The van der Waals surface area contributed by atoms with Crippen molar-refractivity contribution in [2.24, 2.45) is 4.99 Å². The fourth-order valence-corrected chi connectivity index (χ4v) is 2.49. The van der Waals surface area contributed by atoms with Gasteiger partial charge in [-0.25, -0.2) is 17.8 Å². The first kappa shape index (κ1) is 26.9. The normalized spacial score (nSPS) is 12.8. The van der Waals surface area contributed by atoms with Gasteiger partial charge in [0.15, 0.2) is 5.96 Å². The van der Waals surface area contributed by atoms with Gasteiger partial charge in [0.25, 0.3) is 0 Å². The highest BCUT2D eigenvalue weighted by Gasteiger charge is 2.09. The van der Waals surface area contributed by atoms with E-state index in [0.29, 0.717) is 38.0 Å². The highest BCUT2D eigenvalue weighted by Crippen LogP contribution is 2.15. The molecule has 0 fully saturated rings. The molecule has 7 nitrogen and oxygen atoms in total. The number of hydrogen-bond acceptors (Lipinski definition) is 5. The van der Waals surface area contributed by atoms with Crippen molar-refractivity contribution in [2.75, 3.05) is 44.9 Å². The second-order valence-corrected chi connectivity index (χ2v) is 8.25. The molecule has 0 aliphatic heterocycles. The molecule has 162 valence electrons. The first-order valence-electron chi connectivity index (χ1n) is 9.04. The van der Waals surface area contributed by atoms with E-state index in [4.69, 9.17) is 9.47 Å². The van der Waals surface area contributed by atoms with E-state index in [1.165, 1.54) is 18.4 Å². The molecule has 0 aliphatic carbocycles. The monoisotopic (exact) mass is 531 g/mol. The summed E-state index contributed by atoms with van der Waals surface area (Å²) >= 11 is 0. The fourth-order valence-electron chi connectivity index (χ4n) is 2.07. The molecular weight excluding hydrogens is 500 g/mol. The Bertz CT molecular complexity index is 689. The van der Waals surface area contributed by atoms with E-state index in [0.717, 1.165) is 6.42 Å². The number of nitrogens with one attached hydrogen (secondary N) is 2. The second kappa shape index (κ2) is 14.8. The predicted octanol–water partition coefficient (Wildman–Crippen LogP) is 2.22. The minimum absolute atomic E-state index is 0. The summed E-state index contributed by atoms with van der Waals surface area (Å²) in [7, 11) is -3.00. The maximum atomic E-state index is 13.3. The van der Waals surface area contributed by atoms with Crippen LogP contribution in [0.2, 0.25) is 0 Å². The molecule has 1 rings (SSSR count). The molecule has 2 N–H and O–H groups in total. The molecule has 1 atom stereocenters. The SMILES string of the molecule is CCNC(=NCC(CC)Oc1cccc(F)c1)NCCOCCS(C)(=O)=O.I. The van der Waals surface area contributed by atoms with Gasteiger partial charge < -0.3 is 20.1 Å². The van der Waals surface area contributed by atoms with E-state index in [-0.39, 0.29) is 48.3 Å². The lowest BCUT2D eigenvalue weighted by atomic mass is 10.2. The van der Waals surface area contributed by atoms with Crippen LogP contribution < -0.4 is 15.4 Å². The summed E-state index contributed by atoms with van der Waals surface area (Å²) in [6.45, 7) is 6.09. The molecule has 10 heteroatoms. The molecule has 0 aliphatic rings. The molecule has 28 heavy (non-hydrogen) atoms. The quantitative estimate of drug-likeness (QED) is 0.186. The van der Waals surface area contributed by atoms with E-state index in [2.05, 4.69) is 15.6 Å². The largest absolute Gasteiger partial charge is 0.488 e. The molecule has 0 spiro atoms. The van der Waals surface area contributed by atoms with Crippen molar-refractivity contribution >= 4 is 39.8 Å². The van der Waals surface area contributed by atoms with Gasteiger partial charge >= 0.3 is 0 Å². The van der Waals surface area contributed by atoms with Crippen LogP contribution >= 0.6 is 24.0 Å². The summed E-state index contributed by atoms with van der Waals surface area (Å²) in [4.78, 5) is 4.48. The summed E-state index contributed by atoms with van der Waals surface area (Å²) in [6.07, 6.45) is 1.74. The number of aliphatic imine (C=N–C) groups is 1. The fraction of sp³-hybridized carbons (Fsp3) is 0.611. The van der Waals surface area contributed by atoms with E-state index >= 15 is 0 Å². The molecule has 0 amide bonds.